The van der Waals surface area contributed by atoms with Crippen molar-refractivity contribution in [1.82, 2.24) is 13.5 Å². The molecule has 0 aliphatic heterocycles. The molecule has 4 heteroatoms. The summed E-state index contributed by atoms with van der Waals surface area (Å²) in [5, 5.41) is 7.37. The lowest BCUT2D eigenvalue weighted by Crippen LogP contribution is -2.13. The van der Waals surface area contributed by atoms with Gasteiger partial charge in [0, 0.05) is 43.7 Å². The minimum atomic E-state index is 0.0121. The Morgan fingerprint density at radius 3 is 1.57 bits per heavy atom. The van der Waals surface area contributed by atoms with Crippen LogP contribution in [0.1, 0.15) is 0 Å². The van der Waals surface area contributed by atoms with Gasteiger partial charge in [-0.05, 0) is 71.8 Å². The summed E-state index contributed by atoms with van der Waals surface area (Å²) in [6.07, 6.45) is 0. The van der Waals surface area contributed by atoms with Gasteiger partial charge in [0.05, 0.1) is 38.5 Å². The fourth-order valence-corrected chi connectivity index (χ4v) is 8.33. The van der Waals surface area contributed by atoms with Crippen molar-refractivity contribution in [3.05, 3.63) is 174 Å². The second-order valence-electron chi connectivity index (χ2n) is 12.9. The van der Waals surface area contributed by atoms with Crippen LogP contribution in [0.5, 0.6) is 0 Å². The lowest BCUT2D eigenvalue weighted by Gasteiger charge is -2.10. The first-order chi connectivity index (χ1) is 24.3. The van der Waals surface area contributed by atoms with Crippen LogP contribution in [0.25, 0.3) is 93.3 Å². The Morgan fingerprint density at radius 2 is 0.857 bits per heavy atom. The fourth-order valence-electron chi connectivity index (χ4n) is 8.33. The molecule has 228 valence electrons. The summed E-state index contributed by atoms with van der Waals surface area (Å²) in [5.74, 6) is 0. The van der Waals surface area contributed by atoms with Crippen molar-refractivity contribution >= 4 is 70.8 Å². The predicted octanol–water partition coefficient (Wildman–Crippen LogP) is 10.9. The van der Waals surface area contributed by atoms with Crippen molar-refractivity contribution in [2.45, 2.75) is 0 Å². The molecule has 0 aliphatic carbocycles. The third kappa shape index (κ3) is 3.50. The highest BCUT2D eigenvalue weighted by Crippen LogP contribution is 2.41. The monoisotopic (exact) mass is 625 g/mol. The van der Waals surface area contributed by atoms with Gasteiger partial charge in [-0.25, -0.2) is 0 Å². The molecule has 0 spiro atoms. The number of benzene rings is 7. The van der Waals surface area contributed by atoms with Crippen molar-refractivity contribution in [3.63, 3.8) is 0 Å². The van der Waals surface area contributed by atoms with Crippen LogP contribution in [0, 0.1) is 0 Å². The van der Waals surface area contributed by atoms with Crippen LogP contribution < -0.4 is 5.56 Å². The van der Waals surface area contributed by atoms with E-state index < -0.39 is 0 Å². The Kier molecular flexibility index (Phi) is 5.23. The van der Waals surface area contributed by atoms with Gasteiger partial charge < -0.3 is 9.13 Å². The average Bonchev–Trinajstić information content (AvgIpc) is 3.81. The van der Waals surface area contributed by atoms with Crippen molar-refractivity contribution in [3.8, 4) is 22.5 Å². The van der Waals surface area contributed by atoms with Crippen molar-refractivity contribution in [2.75, 3.05) is 0 Å². The van der Waals surface area contributed by atoms with Crippen LogP contribution in [0.2, 0.25) is 0 Å². The lowest BCUT2D eigenvalue weighted by atomic mass is 10.0. The highest BCUT2D eigenvalue weighted by molar-refractivity contribution is 6.24. The number of nitrogens with zero attached hydrogens (tertiary/aromatic N) is 3. The number of hydrogen-bond acceptors (Lipinski definition) is 1. The molecule has 11 aromatic rings. The van der Waals surface area contributed by atoms with Crippen molar-refractivity contribution < 1.29 is 0 Å². The van der Waals surface area contributed by atoms with Crippen LogP contribution in [-0.4, -0.2) is 13.5 Å². The number of para-hydroxylation sites is 5. The Morgan fingerprint density at radius 1 is 0.347 bits per heavy atom. The van der Waals surface area contributed by atoms with Crippen LogP contribution in [0.3, 0.4) is 0 Å². The van der Waals surface area contributed by atoms with Gasteiger partial charge in [-0.2, -0.15) is 0 Å². The summed E-state index contributed by atoms with van der Waals surface area (Å²) in [4.78, 5) is 14.9. The number of rotatable bonds is 3. The molecule has 4 aromatic heterocycles. The molecule has 7 aromatic carbocycles. The van der Waals surface area contributed by atoms with Gasteiger partial charge in [-0.1, -0.05) is 103 Å². The first kappa shape index (κ1) is 26.4. The van der Waals surface area contributed by atoms with Gasteiger partial charge in [-0.3, -0.25) is 9.20 Å². The van der Waals surface area contributed by atoms with Gasteiger partial charge in [-0.15, -0.1) is 0 Å². The summed E-state index contributed by atoms with van der Waals surface area (Å²) >= 11 is 0. The Hall–Kier alpha value is -6.65. The van der Waals surface area contributed by atoms with Crippen molar-refractivity contribution in [1.29, 1.82) is 0 Å². The van der Waals surface area contributed by atoms with Gasteiger partial charge in [0.15, 0.2) is 0 Å². The number of aromatic nitrogens is 3. The standard InChI is InChI=1S/C45H27N3O/c49-45-42-37-27-29(28-22-24-40-36(26-28)33-17-8-9-20-38(33)46(40)30-12-3-1-4-13-30)23-25-41(37)47(31-14-5-2-6-15-31)44(42)35-19-11-18-34-32-16-7-10-21-39(32)48(45)43(34)35/h1-27H. The molecule has 4 nitrogen and oxygen atoms in total. The second kappa shape index (κ2) is 9.69. The maximum Gasteiger partial charge on any atom is 0.265 e. The van der Waals surface area contributed by atoms with E-state index in [1.54, 1.807) is 0 Å². The maximum absolute atomic E-state index is 14.9. The fraction of sp³-hybridized carbons (Fsp3) is 0. The average molecular weight is 626 g/mol. The predicted molar refractivity (Wildman–Crippen MR) is 204 cm³/mol. The molecule has 0 aliphatic rings. The molecule has 0 saturated heterocycles. The SMILES string of the molecule is O=c1c2c3cc(-c4ccc5c(c4)c4ccccc4n5-c4ccccc4)ccc3n(-c3ccccc3)c2c2cccc3c4ccccc4n1c32. The van der Waals surface area contributed by atoms with Gasteiger partial charge in [0.1, 0.15) is 0 Å². The highest BCUT2D eigenvalue weighted by atomic mass is 16.1. The Bertz CT molecular complexity index is 3170. The summed E-state index contributed by atoms with van der Waals surface area (Å²) in [6, 6.07) is 57.6. The largest absolute Gasteiger partial charge is 0.309 e. The van der Waals surface area contributed by atoms with E-state index in [4.69, 9.17) is 0 Å². The second-order valence-corrected chi connectivity index (χ2v) is 12.9. The summed E-state index contributed by atoms with van der Waals surface area (Å²) in [7, 11) is 0. The Balaban J connectivity index is 1.24. The maximum atomic E-state index is 14.9. The van der Waals surface area contributed by atoms with Crippen LogP contribution in [0.4, 0.5) is 0 Å². The topological polar surface area (TPSA) is 31.3 Å². The molecule has 11 rings (SSSR count). The summed E-state index contributed by atoms with van der Waals surface area (Å²) in [5.41, 5.74) is 10.6. The third-order valence-electron chi connectivity index (χ3n) is 10.4. The molecular formula is C45H27N3O. The summed E-state index contributed by atoms with van der Waals surface area (Å²) in [6.45, 7) is 0. The van der Waals surface area contributed by atoms with E-state index >= 15 is 0 Å². The molecule has 0 fully saturated rings. The van der Waals surface area contributed by atoms with E-state index in [9.17, 15) is 4.79 Å². The molecule has 0 bridgehead atoms. The highest BCUT2D eigenvalue weighted by Gasteiger charge is 2.23. The zero-order chi connectivity index (χ0) is 32.2. The van der Waals surface area contributed by atoms with E-state index in [1.165, 1.54) is 21.8 Å². The van der Waals surface area contributed by atoms with E-state index in [-0.39, 0.29) is 5.56 Å². The molecule has 0 atom stereocenters. The number of hydrogen-bond donors (Lipinski definition) is 0. The zero-order valence-electron chi connectivity index (χ0n) is 26.3. The molecule has 0 saturated carbocycles. The molecule has 0 amide bonds. The Labute approximate surface area is 280 Å². The minimum absolute atomic E-state index is 0.0121. The quantitative estimate of drug-likeness (QED) is 0.192. The summed E-state index contributed by atoms with van der Waals surface area (Å²) < 4.78 is 6.56. The molecule has 0 N–H and O–H groups in total. The molecule has 4 heterocycles. The van der Waals surface area contributed by atoms with Gasteiger partial charge in [0.25, 0.3) is 5.56 Å². The zero-order valence-corrected chi connectivity index (χ0v) is 26.3. The van der Waals surface area contributed by atoms with Crippen LogP contribution in [0.15, 0.2) is 169 Å². The normalized spacial score (nSPS) is 12.2. The smallest absolute Gasteiger partial charge is 0.265 e. The first-order valence-corrected chi connectivity index (χ1v) is 16.7. The molecular weight excluding hydrogens is 599 g/mol. The molecule has 0 unspecified atom stereocenters. The lowest BCUT2D eigenvalue weighted by molar-refractivity contribution is 1.17. The van der Waals surface area contributed by atoms with E-state index in [1.807, 2.05) is 22.6 Å². The number of fused-ring (bicyclic) bond motifs is 10. The third-order valence-corrected chi connectivity index (χ3v) is 10.4. The van der Waals surface area contributed by atoms with Crippen LogP contribution in [-0.2, 0) is 0 Å². The first-order valence-electron chi connectivity index (χ1n) is 16.7. The minimum Gasteiger partial charge on any atom is -0.309 e. The van der Waals surface area contributed by atoms with Gasteiger partial charge in [0.2, 0.25) is 0 Å². The van der Waals surface area contributed by atoms with E-state index in [0.717, 1.165) is 71.5 Å². The number of pyridine rings is 1. The van der Waals surface area contributed by atoms with Crippen LogP contribution >= 0.6 is 0 Å². The van der Waals surface area contributed by atoms with Gasteiger partial charge >= 0.3 is 0 Å². The molecule has 49 heavy (non-hydrogen) atoms. The van der Waals surface area contributed by atoms with E-state index in [0.29, 0.717) is 0 Å². The molecule has 0 radical (unpaired) electrons. The van der Waals surface area contributed by atoms with Crippen molar-refractivity contribution in [2.24, 2.45) is 0 Å². The van der Waals surface area contributed by atoms with E-state index in [2.05, 4.69) is 155 Å².